The van der Waals surface area contributed by atoms with Crippen molar-refractivity contribution in [3.05, 3.63) is 0 Å². The van der Waals surface area contributed by atoms with E-state index in [0.717, 1.165) is 19.3 Å². The van der Waals surface area contributed by atoms with Crippen LogP contribution >= 0.6 is 0 Å². The minimum atomic E-state index is -4.03. The third-order valence-corrected chi connectivity index (χ3v) is 3.90. The summed E-state index contributed by atoms with van der Waals surface area (Å²) in [4.78, 5) is 0. The zero-order valence-corrected chi connectivity index (χ0v) is 10.8. The Morgan fingerprint density at radius 2 is 1.76 bits per heavy atom. The Morgan fingerprint density at radius 1 is 1.24 bits per heavy atom. The van der Waals surface area contributed by atoms with E-state index in [2.05, 4.69) is 13.8 Å². The molecule has 0 amide bonds. The molecule has 1 fully saturated rings. The van der Waals surface area contributed by atoms with Crippen LogP contribution in [-0.2, 0) is 0 Å². The van der Waals surface area contributed by atoms with Gasteiger partial charge in [-0.05, 0) is 38.0 Å². The molecule has 0 heterocycles. The maximum absolute atomic E-state index is 12.5. The van der Waals surface area contributed by atoms with E-state index in [-0.39, 0.29) is 18.4 Å². The van der Waals surface area contributed by atoms with Crippen LogP contribution < -0.4 is 5.73 Å². The van der Waals surface area contributed by atoms with Gasteiger partial charge in [-0.3, -0.25) is 0 Å². The fourth-order valence-electron chi connectivity index (χ4n) is 2.63. The zero-order valence-electron chi connectivity index (χ0n) is 10.8. The first kappa shape index (κ1) is 14.8. The van der Waals surface area contributed by atoms with Gasteiger partial charge in [-0.15, -0.1) is 0 Å². The van der Waals surface area contributed by atoms with Gasteiger partial charge in [-0.2, -0.15) is 13.2 Å². The molecule has 1 saturated carbocycles. The van der Waals surface area contributed by atoms with Crippen LogP contribution in [0.5, 0.6) is 0 Å². The van der Waals surface area contributed by atoms with Crippen LogP contribution in [-0.4, -0.2) is 11.7 Å². The second-order valence-corrected chi connectivity index (χ2v) is 5.96. The molecule has 0 bridgehead atoms. The highest BCUT2D eigenvalue weighted by Gasteiger charge is 2.44. The molecule has 4 heteroatoms. The largest absolute Gasteiger partial charge is 0.391 e. The SMILES string of the molecule is CC(C)CCCC1(N)CCC(C(F)(F)F)CC1. The third kappa shape index (κ3) is 4.86. The molecule has 0 spiro atoms. The van der Waals surface area contributed by atoms with E-state index >= 15 is 0 Å². The number of alkyl halides is 3. The van der Waals surface area contributed by atoms with Crippen LogP contribution in [0.4, 0.5) is 13.2 Å². The van der Waals surface area contributed by atoms with Crippen LogP contribution in [0.3, 0.4) is 0 Å². The molecule has 0 aromatic rings. The molecular formula is C13H24F3N. The molecule has 1 nitrogen and oxygen atoms in total. The average molecular weight is 251 g/mol. The molecule has 2 N–H and O–H groups in total. The quantitative estimate of drug-likeness (QED) is 0.793. The highest BCUT2D eigenvalue weighted by molar-refractivity contribution is 4.91. The molecule has 0 aromatic carbocycles. The highest BCUT2D eigenvalue weighted by Crippen LogP contribution is 2.41. The van der Waals surface area contributed by atoms with E-state index in [1.807, 2.05) is 0 Å². The molecule has 0 aliphatic heterocycles. The standard InChI is InChI=1S/C13H24F3N/c1-10(2)4-3-7-12(17)8-5-11(6-9-12)13(14,15)16/h10-11H,3-9,17H2,1-2H3. The first-order chi connectivity index (χ1) is 7.73. The van der Waals surface area contributed by atoms with Crippen LogP contribution in [0.15, 0.2) is 0 Å². The van der Waals surface area contributed by atoms with Crippen LogP contribution in [0.25, 0.3) is 0 Å². The minimum Gasteiger partial charge on any atom is -0.325 e. The van der Waals surface area contributed by atoms with Gasteiger partial charge in [0.15, 0.2) is 0 Å². The van der Waals surface area contributed by atoms with Gasteiger partial charge >= 0.3 is 6.18 Å². The summed E-state index contributed by atoms with van der Waals surface area (Å²) >= 11 is 0. The number of halogens is 3. The molecule has 0 aromatic heterocycles. The van der Waals surface area contributed by atoms with Crippen molar-refractivity contribution in [1.82, 2.24) is 0 Å². The molecule has 0 saturated heterocycles. The summed E-state index contributed by atoms with van der Waals surface area (Å²) in [5.74, 6) is -0.477. The molecule has 1 aliphatic rings. The Hall–Kier alpha value is -0.250. The predicted octanol–water partition coefficient (Wildman–Crippen LogP) is 4.26. The number of hydrogen-bond acceptors (Lipinski definition) is 1. The second kappa shape index (κ2) is 5.59. The van der Waals surface area contributed by atoms with Gasteiger partial charge in [0, 0.05) is 5.54 Å². The summed E-state index contributed by atoms with van der Waals surface area (Å²) < 4.78 is 37.5. The molecule has 102 valence electrons. The fourth-order valence-corrected chi connectivity index (χ4v) is 2.63. The van der Waals surface area contributed by atoms with Gasteiger partial charge in [0.2, 0.25) is 0 Å². The van der Waals surface area contributed by atoms with E-state index in [1.54, 1.807) is 0 Å². The maximum atomic E-state index is 12.5. The number of rotatable bonds is 4. The van der Waals surface area contributed by atoms with Crippen molar-refractivity contribution in [2.24, 2.45) is 17.6 Å². The predicted molar refractivity (Wildman–Crippen MR) is 63.6 cm³/mol. The summed E-state index contributed by atoms with van der Waals surface area (Å²) in [6.07, 6.45) is 0.454. The zero-order chi connectivity index (χ0) is 13.1. The topological polar surface area (TPSA) is 26.0 Å². The van der Waals surface area contributed by atoms with Gasteiger partial charge in [-0.1, -0.05) is 26.7 Å². The Labute approximate surface area is 102 Å². The number of hydrogen-bond donors (Lipinski definition) is 1. The van der Waals surface area contributed by atoms with E-state index in [0.29, 0.717) is 18.8 Å². The molecule has 1 rings (SSSR count). The maximum Gasteiger partial charge on any atom is 0.391 e. The van der Waals surface area contributed by atoms with Crippen molar-refractivity contribution in [2.75, 3.05) is 0 Å². The van der Waals surface area contributed by atoms with Gasteiger partial charge in [0.25, 0.3) is 0 Å². The minimum absolute atomic E-state index is 0.210. The van der Waals surface area contributed by atoms with Crippen molar-refractivity contribution in [3.8, 4) is 0 Å². The normalized spacial score (nSPS) is 30.9. The van der Waals surface area contributed by atoms with Gasteiger partial charge in [-0.25, -0.2) is 0 Å². The molecule has 0 unspecified atom stereocenters. The van der Waals surface area contributed by atoms with E-state index in [4.69, 9.17) is 5.73 Å². The van der Waals surface area contributed by atoms with Crippen molar-refractivity contribution in [3.63, 3.8) is 0 Å². The Kier molecular flexibility index (Phi) is 4.87. The average Bonchev–Trinajstić information content (AvgIpc) is 2.15. The first-order valence-corrected chi connectivity index (χ1v) is 6.58. The second-order valence-electron chi connectivity index (χ2n) is 5.96. The Morgan fingerprint density at radius 3 is 2.18 bits per heavy atom. The molecular weight excluding hydrogens is 227 g/mol. The van der Waals surface area contributed by atoms with E-state index in [1.165, 1.54) is 0 Å². The summed E-state index contributed by atoms with van der Waals surface area (Å²) in [7, 11) is 0. The molecule has 1 aliphatic carbocycles. The lowest BCUT2D eigenvalue weighted by Crippen LogP contribution is -2.45. The molecule has 17 heavy (non-hydrogen) atoms. The fraction of sp³-hybridized carbons (Fsp3) is 1.00. The monoisotopic (exact) mass is 251 g/mol. The lowest BCUT2D eigenvalue weighted by Gasteiger charge is -2.38. The smallest absolute Gasteiger partial charge is 0.325 e. The Balaban J connectivity index is 2.34. The van der Waals surface area contributed by atoms with Gasteiger partial charge < -0.3 is 5.73 Å². The summed E-state index contributed by atoms with van der Waals surface area (Å²) in [6, 6.07) is 0. The summed E-state index contributed by atoms with van der Waals surface area (Å²) in [5.41, 5.74) is 5.85. The van der Waals surface area contributed by atoms with Crippen molar-refractivity contribution < 1.29 is 13.2 Å². The number of nitrogens with two attached hydrogens (primary N) is 1. The Bertz CT molecular complexity index is 227. The van der Waals surface area contributed by atoms with Crippen LogP contribution in [0, 0.1) is 11.8 Å². The lowest BCUT2D eigenvalue weighted by atomic mass is 9.74. The summed E-state index contributed by atoms with van der Waals surface area (Å²) in [5, 5.41) is 0. The van der Waals surface area contributed by atoms with Crippen molar-refractivity contribution in [1.29, 1.82) is 0 Å². The molecule has 0 radical (unpaired) electrons. The lowest BCUT2D eigenvalue weighted by molar-refractivity contribution is -0.184. The van der Waals surface area contributed by atoms with E-state index in [9.17, 15) is 13.2 Å². The van der Waals surface area contributed by atoms with Gasteiger partial charge in [0.1, 0.15) is 0 Å². The third-order valence-electron chi connectivity index (χ3n) is 3.90. The van der Waals surface area contributed by atoms with Crippen molar-refractivity contribution in [2.45, 2.75) is 70.5 Å². The van der Waals surface area contributed by atoms with Crippen LogP contribution in [0.1, 0.15) is 58.8 Å². The summed E-state index contributed by atoms with van der Waals surface area (Å²) in [6.45, 7) is 4.31. The van der Waals surface area contributed by atoms with Crippen LogP contribution in [0.2, 0.25) is 0 Å². The van der Waals surface area contributed by atoms with Gasteiger partial charge in [0.05, 0.1) is 5.92 Å². The molecule has 0 atom stereocenters. The van der Waals surface area contributed by atoms with E-state index < -0.39 is 12.1 Å². The van der Waals surface area contributed by atoms with Crippen molar-refractivity contribution >= 4 is 0 Å². The first-order valence-electron chi connectivity index (χ1n) is 6.58. The highest BCUT2D eigenvalue weighted by atomic mass is 19.4.